The normalized spacial score (nSPS) is 8.82. The smallest absolute Gasteiger partial charge is 0.0434 e. The Labute approximate surface area is 73.5 Å². The molecule has 1 N–H and O–H groups in total. The van der Waals surface area contributed by atoms with E-state index < -0.39 is 0 Å². The molecular weight excluding hydrogens is 160 g/mol. The standard InChI is InChI=1S/C9H12O.ClH/c10-8-4-7-9-5-2-1-3-6-9;/h1-3,5-6,10H,4,7-8H2;1H. The van der Waals surface area contributed by atoms with Crippen molar-refractivity contribution in [1.82, 2.24) is 0 Å². The molecular formula is C9H13ClO. The van der Waals surface area contributed by atoms with Crippen LogP contribution in [0.25, 0.3) is 0 Å². The van der Waals surface area contributed by atoms with E-state index >= 15 is 0 Å². The molecule has 0 aliphatic heterocycles. The molecule has 0 atom stereocenters. The lowest BCUT2D eigenvalue weighted by atomic mass is 10.1. The summed E-state index contributed by atoms with van der Waals surface area (Å²) in [5, 5.41) is 8.53. The van der Waals surface area contributed by atoms with Crippen LogP contribution in [-0.2, 0) is 6.42 Å². The second-order valence-corrected chi connectivity index (χ2v) is 2.31. The average molecular weight is 173 g/mol. The Morgan fingerprint density at radius 2 is 1.73 bits per heavy atom. The fraction of sp³-hybridized carbons (Fsp3) is 0.333. The van der Waals surface area contributed by atoms with E-state index in [1.807, 2.05) is 18.2 Å². The van der Waals surface area contributed by atoms with Crippen LogP contribution >= 0.6 is 12.4 Å². The Morgan fingerprint density at radius 1 is 1.09 bits per heavy atom. The monoisotopic (exact) mass is 172 g/mol. The van der Waals surface area contributed by atoms with E-state index in [-0.39, 0.29) is 19.0 Å². The average Bonchev–Trinajstić information content (AvgIpc) is 2.03. The lowest BCUT2D eigenvalue weighted by Crippen LogP contribution is -1.87. The minimum absolute atomic E-state index is 0. The van der Waals surface area contributed by atoms with E-state index in [0.29, 0.717) is 0 Å². The fourth-order valence-electron chi connectivity index (χ4n) is 0.928. The van der Waals surface area contributed by atoms with Gasteiger partial charge in [0.05, 0.1) is 0 Å². The molecule has 2 heteroatoms. The fourth-order valence-corrected chi connectivity index (χ4v) is 0.928. The van der Waals surface area contributed by atoms with Crippen molar-refractivity contribution in [2.24, 2.45) is 0 Å². The molecule has 0 saturated carbocycles. The first-order chi connectivity index (χ1) is 4.93. The predicted molar refractivity (Wildman–Crippen MR) is 49.1 cm³/mol. The summed E-state index contributed by atoms with van der Waals surface area (Å²) in [4.78, 5) is 0. The summed E-state index contributed by atoms with van der Waals surface area (Å²) in [6.07, 6.45) is 1.85. The molecule has 1 rings (SSSR count). The van der Waals surface area contributed by atoms with Crippen molar-refractivity contribution in [2.75, 3.05) is 6.61 Å². The first-order valence-corrected chi connectivity index (χ1v) is 3.58. The molecule has 0 unspecified atom stereocenters. The minimum Gasteiger partial charge on any atom is -0.396 e. The Balaban J connectivity index is 0.000001000. The van der Waals surface area contributed by atoms with Crippen LogP contribution in [0.15, 0.2) is 30.3 Å². The Bertz CT molecular complexity index is 174. The van der Waals surface area contributed by atoms with Gasteiger partial charge in [0, 0.05) is 6.61 Å². The number of aliphatic hydroxyl groups excluding tert-OH is 1. The molecule has 0 heterocycles. The molecule has 0 aromatic heterocycles. The molecule has 0 saturated heterocycles. The Kier molecular flexibility index (Phi) is 5.90. The van der Waals surface area contributed by atoms with Crippen LogP contribution < -0.4 is 0 Å². The van der Waals surface area contributed by atoms with Crippen LogP contribution in [0.1, 0.15) is 12.0 Å². The highest BCUT2D eigenvalue weighted by Crippen LogP contribution is 2.00. The third-order valence-corrected chi connectivity index (χ3v) is 1.47. The summed E-state index contributed by atoms with van der Waals surface area (Å²) < 4.78 is 0. The SMILES string of the molecule is Cl.OCCCc1ccccc1. The quantitative estimate of drug-likeness (QED) is 0.740. The van der Waals surface area contributed by atoms with Gasteiger partial charge in [0.2, 0.25) is 0 Å². The molecule has 62 valence electrons. The summed E-state index contributed by atoms with van der Waals surface area (Å²) in [7, 11) is 0. The van der Waals surface area contributed by atoms with Gasteiger partial charge in [-0.1, -0.05) is 30.3 Å². The molecule has 0 spiro atoms. The summed E-state index contributed by atoms with van der Waals surface area (Å²) in [5.74, 6) is 0. The highest BCUT2D eigenvalue weighted by Gasteiger charge is 1.87. The number of rotatable bonds is 3. The van der Waals surface area contributed by atoms with E-state index in [4.69, 9.17) is 5.11 Å². The molecule has 0 amide bonds. The second-order valence-electron chi connectivity index (χ2n) is 2.31. The molecule has 0 fully saturated rings. The van der Waals surface area contributed by atoms with Crippen LogP contribution in [0, 0.1) is 0 Å². The third kappa shape index (κ3) is 4.02. The maximum Gasteiger partial charge on any atom is 0.0434 e. The number of aliphatic hydroxyl groups is 1. The zero-order valence-electron chi connectivity index (χ0n) is 6.36. The second kappa shape index (κ2) is 6.20. The van der Waals surface area contributed by atoms with Crippen LogP contribution in [0.4, 0.5) is 0 Å². The van der Waals surface area contributed by atoms with Gasteiger partial charge in [0.15, 0.2) is 0 Å². The molecule has 11 heavy (non-hydrogen) atoms. The zero-order valence-corrected chi connectivity index (χ0v) is 7.18. The first-order valence-electron chi connectivity index (χ1n) is 3.58. The lowest BCUT2D eigenvalue weighted by Gasteiger charge is -1.96. The van der Waals surface area contributed by atoms with E-state index in [1.165, 1.54) is 5.56 Å². The van der Waals surface area contributed by atoms with Gasteiger partial charge in [-0.15, -0.1) is 12.4 Å². The highest BCUT2D eigenvalue weighted by atomic mass is 35.5. The van der Waals surface area contributed by atoms with Crippen LogP contribution in [0.3, 0.4) is 0 Å². The predicted octanol–water partition coefficient (Wildman–Crippen LogP) is 2.03. The summed E-state index contributed by atoms with van der Waals surface area (Å²) in [6, 6.07) is 10.2. The Morgan fingerprint density at radius 3 is 2.27 bits per heavy atom. The van der Waals surface area contributed by atoms with Crippen molar-refractivity contribution >= 4 is 12.4 Å². The van der Waals surface area contributed by atoms with Crippen molar-refractivity contribution in [1.29, 1.82) is 0 Å². The van der Waals surface area contributed by atoms with Crippen LogP contribution in [0.2, 0.25) is 0 Å². The molecule has 1 aromatic rings. The third-order valence-electron chi connectivity index (χ3n) is 1.47. The van der Waals surface area contributed by atoms with E-state index in [0.717, 1.165) is 12.8 Å². The van der Waals surface area contributed by atoms with Gasteiger partial charge in [0.25, 0.3) is 0 Å². The molecule has 1 nitrogen and oxygen atoms in total. The van der Waals surface area contributed by atoms with Crippen molar-refractivity contribution in [3.8, 4) is 0 Å². The minimum atomic E-state index is 0. The Hall–Kier alpha value is -0.530. The van der Waals surface area contributed by atoms with Crippen molar-refractivity contribution < 1.29 is 5.11 Å². The first kappa shape index (κ1) is 10.5. The molecule has 0 aliphatic carbocycles. The van der Waals surface area contributed by atoms with Crippen LogP contribution in [-0.4, -0.2) is 11.7 Å². The number of halogens is 1. The van der Waals surface area contributed by atoms with Crippen molar-refractivity contribution in [3.05, 3.63) is 35.9 Å². The topological polar surface area (TPSA) is 20.2 Å². The lowest BCUT2D eigenvalue weighted by molar-refractivity contribution is 0.288. The van der Waals surface area contributed by atoms with Gasteiger partial charge >= 0.3 is 0 Å². The van der Waals surface area contributed by atoms with Gasteiger partial charge < -0.3 is 5.11 Å². The number of benzene rings is 1. The van der Waals surface area contributed by atoms with E-state index in [1.54, 1.807) is 0 Å². The van der Waals surface area contributed by atoms with Gasteiger partial charge in [-0.05, 0) is 18.4 Å². The zero-order chi connectivity index (χ0) is 7.23. The van der Waals surface area contributed by atoms with Gasteiger partial charge in [-0.25, -0.2) is 0 Å². The van der Waals surface area contributed by atoms with Crippen LogP contribution in [0.5, 0.6) is 0 Å². The molecule has 0 bridgehead atoms. The maximum atomic E-state index is 8.53. The van der Waals surface area contributed by atoms with Gasteiger partial charge in [-0.3, -0.25) is 0 Å². The largest absolute Gasteiger partial charge is 0.396 e. The van der Waals surface area contributed by atoms with E-state index in [9.17, 15) is 0 Å². The summed E-state index contributed by atoms with van der Waals surface area (Å²) >= 11 is 0. The number of hydrogen-bond acceptors (Lipinski definition) is 1. The van der Waals surface area contributed by atoms with Gasteiger partial charge in [0.1, 0.15) is 0 Å². The number of hydrogen-bond donors (Lipinski definition) is 1. The van der Waals surface area contributed by atoms with Crippen molar-refractivity contribution in [2.45, 2.75) is 12.8 Å². The molecule has 0 radical (unpaired) electrons. The summed E-state index contributed by atoms with van der Waals surface area (Å²) in [6.45, 7) is 0.287. The van der Waals surface area contributed by atoms with E-state index in [2.05, 4.69) is 12.1 Å². The molecule has 1 aromatic carbocycles. The highest BCUT2D eigenvalue weighted by molar-refractivity contribution is 5.85. The molecule has 0 aliphatic rings. The number of aryl methyl sites for hydroxylation is 1. The van der Waals surface area contributed by atoms with Gasteiger partial charge in [-0.2, -0.15) is 0 Å². The summed E-state index contributed by atoms with van der Waals surface area (Å²) in [5.41, 5.74) is 1.30. The van der Waals surface area contributed by atoms with Crippen molar-refractivity contribution in [3.63, 3.8) is 0 Å². The maximum absolute atomic E-state index is 8.53.